The van der Waals surface area contributed by atoms with Gasteiger partial charge in [0.15, 0.2) is 0 Å². The maximum Gasteiger partial charge on any atom is 0.407 e. The first-order valence-electron chi connectivity index (χ1n) is 8.10. The van der Waals surface area contributed by atoms with Crippen LogP contribution in [0.2, 0.25) is 0 Å². The van der Waals surface area contributed by atoms with Crippen molar-refractivity contribution >= 4 is 27.7 Å². The number of hydrogen-bond donors (Lipinski definition) is 2. The van der Waals surface area contributed by atoms with Crippen LogP contribution in [0.25, 0.3) is 0 Å². The number of ether oxygens (including phenoxy) is 1. The second-order valence-corrected chi connectivity index (χ2v) is 7.09. The minimum absolute atomic E-state index is 0.182. The highest BCUT2D eigenvalue weighted by molar-refractivity contribution is 9.10. The summed E-state index contributed by atoms with van der Waals surface area (Å²) in [5.74, 6) is 0. The molecular formula is C19H21BrN2O2. The van der Waals surface area contributed by atoms with Gasteiger partial charge < -0.3 is 15.4 Å². The molecule has 24 heavy (non-hydrogen) atoms. The molecule has 0 bridgehead atoms. The zero-order valence-electron chi connectivity index (χ0n) is 13.6. The Kier molecular flexibility index (Phi) is 5.41. The van der Waals surface area contributed by atoms with E-state index in [4.69, 9.17) is 4.74 Å². The normalized spacial score (nSPS) is 19.2. The molecule has 1 amide bonds. The van der Waals surface area contributed by atoms with Crippen LogP contribution in [0, 0.1) is 6.92 Å². The lowest BCUT2D eigenvalue weighted by molar-refractivity contribution is 0.129. The number of hydrogen-bond acceptors (Lipinski definition) is 3. The van der Waals surface area contributed by atoms with Crippen molar-refractivity contribution in [3.63, 3.8) is 0 Å². The first-order chi connectivity index (χ1) is 11.6. The van der Waals surface area contributed by atoms with E-state index in [-0.39, 0.29) is 12.1 Å². The Hall–Kier alpha value is -2.01. The largest absolute Gasteiger partial charge is 0.445 e. The zero-order valence-corrected chi connectivity index (χ0v) is 15.2. The summed E-state index contributed by atoms with van der Waals surface area (Å²) in [4.78, 5) is 11.8. The number of aryl methyl sites for hydroxylation is 1. The molecule has 0 unspecified atom stereocenters. The van der Waals surface area contributed by atoms with Gasteiger partial charge in [0.1, 0.15) is 6.61 Å². The van der Waals surface area contributed by atoms with Crippen molar-refractivity contribution in [2.24, 2.45) is 0 Å². The molecule has 2 N–H and O–H groups in total. The van der Waals surface area contributed by atoms with E-state index in [1.54, 1.807) is 0 Å². The van der Waals surface area contributed by atoms with E-state index in [1.165, 1.54) is 5.56 Å². The van der Waals surface area contributed by atoms with E-state index < -0.39 is 0 Å². The van der Waals surface area contributed by atoms with E-state index in [1.807, 2.05) is 36.4 Å². The Labute approximate surface area is 150 Å². The summed E-state index contributed by atoms with van der Waals surface area (Å²) in [6.07, 6.45) is 1.48. The molecule has 1 fully saturated rings. The monoisotopic (exact) mass is 388 g/mol. The summed E-state index contributed by atoms with van der Waals surface area (Å²) in [7, 11) is 0. The number of rotatable bonds is 5. The summed E-state index contributed by atoms with van der Waals surface area (Å²) in [5, 5.41) is 6.44. The van der Waals surface area contributed by atoms with Crippen molar-refractivity contribution in [2.45, 2.75) is 38.5 Å². The number of amides is 1. The molecule has 0 atom stereocenters. The van der Waals surface area contributed by atoms with Crippen LogP contribution < -0.4 is 10.6 Å². The number of carbonyl (C=O) groups excluding carboxylic acids is 1. The third kappa shape index (κ3) is 4.51. The van der Waals surface area contributed by atoms with Gasteiger partial charge in [-0.25, -0.2) is 4.79 Å². The van der Waals surface area contributed by atoms with Gasteiger partial charge in [0.25, 0.3) is 0 Å². The molecule has 0 aliphatic heterocycles. The molecule has 5 heteroatoms. The Morgan fingerprint density at radius 2 is 1.92 bits per heavy atom. The van der Waals surface area contributed by atoms with E-state index in [0.29, 0.717) is 12.6 Å². The quantitative estimate of drug-likeness (QED) is 0.784. The molecule has 0 aromatic heterocycles. The zero-order chi connectivity index (χ0) is 16.9. The highest BCUT2D eigenvalue weighted by atomic mass is 79.9. The van der Waals surface area contributed by atoms with E-state index in [9.17, 15) is 4.79 Å². The van der Waals surface area contributed by atoms with Gasteiger partial charge >= 0.3 is 6.09 Å². The molecule has 2 aromatic rings. The SMILES string of the molecule is Cc1cc(Br)ccc1NC1CC(NC(=O)OCc2ccccc2)C1. The predicted octanol–water partition coefficient (Wildman–Crippen LogP) is 4.63. The highest BCUT2D eigenvalue weighted by Gasteiger charge is 2.30. The molecule has 0 spiro atoms. The minimum atomic E-state index is -0.345. The second kappa shape index (κ2) is 7.71. The van der Waals surface area contributed by atoms with Gasteiger partial charge in [0.2, 0.25) is 0 Å². The standard InChI is InChI=1S/C19H21BrN2O2/c1-13-9-15(20)7-8-18(13)21-16-10-17(11-16)22-19(23)24-12-14-5-3-2-4-6-14/h2-9,16-17,21H,10-12H2,1H3,(H,22,23). The van der Waals surface area contributed by atoms with Crippen LogP contribution in [0.4, 0.5) is 10.5 Å². The molecule has 4 nitrogen and oxygen atoms in total. The lowest BCUT2D eigenvalue weighted by atomic mass is 9.86. The van der Waals surface area contributed by atoms with Crippen molar-refractivity contribution in [2.75, 3.05) is 5.32 Å². The molecular weight excluding hydrogens is 368 g/mol. The molecule has 0 saturated heterocycles. The van der Waals surface area contributed by atoms with E-state index >= 15 is 0 Å². The molecule has 0 radical (unpaired) electrons. The lowest BCUT2D eigenvalue weighted by Gasteiger charge is -2.37. The molecule has 1 aliphatic rings. The smallest absolute Gasteiger partial charge is 0.407 e. The average molecular weight is 389 g/mol. The Morgan fingerprint density at radius 1 is 1.17 bits per heavy atom. The first-order valence-corrected chi connectivity index (χ1v) is 8.89. The van der Waals surface area contributed by atoms with Gasteiger partial charge in [-0.05, 0) is 49.1 Å². The summed E-state index contributed by atoms with van der Waals surface area (Å²) >= 11 is 3.47. The fourth-order valence-corrected chi connectivity index (χ4v) is 3.27. The molecule has 2 aromatic carbocycles. The number of alkyl carbamates (subject to hydrolysis) is 1. The lowest BCUT2D eigenvalue weighted by Crippen LogP contribution is -2.49. The molecule has 1 saturated carbocycles. The van der Waals surface area contributed by atoms with Gasteiger partial charge in [-0.15, -0.1) is 0 Å². The summed E-state index contributed by atoms with van der Waals surface area (Å²) < 4.78 is 6.33. The van der Waals surface area contributed by atoms with Gasteiger partial charge in [-0.3, -0.25) is 0 Å². The topological polar surface area (TPSA) is 50.4 Å². The first kappa shape index (κ1) is 16.8. The Morgan fingerprint density at radius 3 is 2.62 bits per heavy atom. The molecule has 126 valence electrons. The van der Waals surface area contributed by atoms with Crippen molar-refractivity contribution in [1.29, 1.82) is 0 Å². The fourth-order valence-electron chi connectivity index (χ4n) is 2.79. The number of carbonyl (C=O) groups is 1. The van der Waals surface area contributed by atoms with Gasteiger partial charge in [-0.1, -0.05) is 46.3 Å². The minimum Gasteiger partial charge on any atom is -0.445 e. The van der Waals surface area contributed by atoms with Crippen LogP contribution in [0.3, 0.4) is 0 Å². The summed E-state index contributed by atoms with van der Waals surface area (Å²) in [5.41, 5.74) is 3.35. The molecule has 1 aliphatic carbocycles. The summed E-state index contributed by atoms with van der Waals surface area (Å²) in [6, 6.07) is 16.5. The number of nitrogens with one attached hydrogen (secondary N) is 2. The van der Waals surface area contributed by atoms with Crippen molar-refractivity contribution in [3.8, 4) is 0 Å². The fraction of sp³-hybridized carbons (Fsp3) is 0.316. The molecule has 0 heterocycles. The van der Waals surface area contributed by atoms with Gasteiger partial charge in [-0.2, -0.15) is 0 Å². The third-order valence-electron chi connectivity index (χ3n) is 4.22. The number of halogens is 1. The number of benzene rings is 2. The van der Waals surface area contributed by atoms with Crippen LogP contribution in [0.1, 0.15) is 24.0 Å². The van der Waals surface area contributed by atoms with Crippen LogP contribution >= 0.6 is 15.9 Å². The van der Waals surface area contributed by atoms with E-state index in [0.717, 1.165) is 28.6 Å². The molecule has 3 rings (SSSR count). The predicted molar refractivity (Wildman–Crippen MR) is 99.1 cm³/mol. The Balaban J connectivity index is 1.38. The van der Waals surface area contributed by atoms with Crippen LogP contribution in [-0.2, 0) is 11.3 Å². The number of anilines is 1. The maximum absolute atomic E-state index is 11.8. The van der Waals surface area contributed by atoms with Crippen molar-refractivity contribution in [1.82, 2.24) is 5.32 Å². The maximum atomic E-state index is 11.8. The van der Waals surface area contributed by atoms with Gasteiger partial charge in [0.05, 0.1) is 0 Å². The Bertz CT molecular complexity index is 700. The van der Waals surface area contributed by atoms with Gasteiger partial charge in [0, 0.05) is 22.2 Å². The third-order valence-corrected chi connectivity index (χ3v) is 4.71. The highest BCUT2D eigenvalue weighted by Crippen LogP contribution is 2.27. The second-order valence-electron chi connectivity index (χ2n) is 6.17. The summed E-state index contributed by atoms with van der Waals surface area (Å²) in [6.45, 7) is 2.39. The van der Waals surface area contributed by atoms with Crippen molar-refractivity contribution < 1.29 is 9.53 Å². The van der Waals surface area contributed by atoms with E-state index in [2.05, 4.69) is 45.6 Å². The van der Waals surface area contributed by atoms with Crippen LogP contribution in [0.5, 0.6) is 0 Å². The van der Waals surface area contributed by atoms with Crippen LogP contribution in [-0.4, -0.2) is 18.2 Å². The van der Waals surface area contributed by atoms with Crippen molar-refractivity contribution in [3.05, 3.63) is 64.1 Å². The average Bonchev–Trinajstić information content (AvgIpc) is 2.54. The van der Waals surface area contributed by atoms with Crippen LogP contribution in [0.15, 0.2) is 53.0 Å².